The van der Waals surface area contributed by atoms with Crippen molar-refractivity contribution in [2.24, 2.45) is 5.10 Å². The molecule has 0 bridgehead atoms. The lowest BCUT2D eigenvalue weighted by atomic mass is 10.1. The minimum atomic E-state index is -0.0614. The Balaban J connectivity index is 2.33. The lowest BCUT2D eigenvalue weighted by Gasteiger charge is -2.07. The molecule has 1 amide bonds. The second-order valence-electron chi connectivity index (χ2n) is 5.99. The fraction of sp³-hybridized carbons (Fsp3) is 0.579. The lowest BCUT2D eigenvalue weighted by molar-refractivity contribution is -0.121. The van der Waals surface area contributed by atoms with Gasteiger partial charge in [-0.25, -0.2) is 5.43 Å². The monoisotopic (exact) mass is 334 g/mol. The van der Waals surface area contributed by atoms with E-state index in [0.29, 0.717) is 17.9 Å². The van der Waals surface area contributed by atoms with Crippen molar-refractivity contribution in [1.82, 2.24) is 5.43 Å². The van der Waals surface area contributed by atoms with E-state index in [1.165, 1.54) is 39.2 Å². The zero-order valence-corrected chi connectivity index (χ0v) is 15.1. The quantitative estimate of drug-likeness (QED) is 0.358. The molecule has 1 rings (SSSR count). The fourth-order valence-electron chi connectivity index (χ4n) is 2.41. The van der Waals surface area contributed by atoms with Crippen molar-refractivity contribution in [3.8, 4) is 11.5 Å². The van der Waals surface area contributed by atoms with Gasteiger partial charge < -0.3 is 9.84 Å². The molecule has 0 fully saturated rings. The Morgan fingerprint density at radius 1 is 1.17 bits per heavy atom. The van der Waals surface area contributed by atoms with Gasteiger partial charge in [0.2, 0.25) is 5.91 Å². The second kappa shape index (κ2) is 11.5. The van der Waals surface area contributed by atoms with E-state index >= 15 is 0 Å². The van der Waals surface area contributed by atoms with Crippen LogP contribution in [0.15, 0.2) is 23.3 Å². The minimum Gasteiger partial charge on any atom is -0.504 e. The van der Waals surface area contributed by atoms with Crippen LogP contribution in [-0.2, 0) is 4.79 Å². The van der Waals surface area contributed by atoms with Crippen LogP contribution in [-0.4, -0.2) is 23.8 Å². The summed E-state index contributed by atoms with van der Waals surface area (Å²) < 4.78 is 5.07. The van der Waals surface area contributed by atoms with Crippen molar-refractivity contribution in [2.75, 3.05) is 7.11 Å². The van der Waals surface area contributed by atoms with Gasteiger partial charge in [0.15, 0.2) is 11.5 Å². The molecule has 0 aliphatic rings. The van der Waals surface area contributed by atoms with Gasteiger partial charge in [0.1, 0.15) is 0 Å². The molecule has 24 heavy (non-hydrogen) atoms. The number of carbonyl (C=O) groups excluding carboxylic acids is 1. The molecule has 0 radical (unpaired) electrons. The van der Waals surface area contributed by atoms with Gasteiger partial charge >= 0.3 is 0 Å². The first-order valence-corrected chi connectivity index (χ1v) is 8.79. The highest BCUT2D eigenvalue weighted by atomic mass is 16.5. The third kappa shape index (κ3) is 7.49. The maximum Gasteiger partial charge on any atom is 0.240 e. The van der Waals surface area contributed by atoms with Crippen molar-refractivity contribution in [2.45, 2.75) is 65.2 Å². The molecule has 0 spiro atoms. The average Bonchev–Trinajstić information content (AvgIpc) is 2.59. The highest BCUT2D eigenvalue weighted by Gasteiger charge is 2.06. The predicted molar refractivity (Wildman–Crippen MR) is 97.6 cm³/mol. The number of rotatable bonds is 11. The summed E-state index contributed by atoms with van der Waals surface area (Å²) in [5, 5.41) is 13.7. The highest BCUT2D eigenvalue weighted by molar-refractivity contribution is 5.99. The fourth-order valence-corrected chi connectivity index (χ4v) is 2.41. The average molecular weight is 334 g/mol. The molecule has 1 aromatic rings. The van der Waals surface area contributed by atoms with Crippen LogP contribution in [0, 0.1) is 0 Å². The van der Waals surface area contributed by atoms with Crippen LogP contribution >= 0.6 is 0 Å². The molecular weight excluding hydrogens is 304 g/mol. The Labute approximate surface area is 145 Å². The van der Waals surface area contributed by atoms with E-state index in [1.807, 2.05) is 0 Å². The van der Waals surface area contributed by atoms with Gasteiger partial charge in [-0.05, 0) is 31.5 Å². The van der Waals surface area contributed by atoms with E-state index in [9.17, 15) is 9.90 Å². The number of hydrazone groups is 1. The molecule has 0 atom stereocenters. The number of aromatic hydroxyl groups is 1. The maximum absolute atomic E-state index is 11.8. The first-order valence-electron chi connectivity index (χ1n) is 8.79. The maximum atomic E-state index is 11.8. The number of hydrogen-bond donors (Lipinski definition) is 2. The summed E-state index contributed by atoms with van der Waals surface area (Å²) in [7, 11) is 1.50. The van der Waals surface area contributed by atoms with Gasteiger partial charge in [-0.1, -0.05) is 45.4 Å². The number of unbranched alkanes of at least 4 members (excludes halogenated alkanes) is 6. The number of phenolic OH excluding ortho intramolecular Hbond substituents is 1. The summed E-state index contributed by atoms with van der Waals surface area (Å²) in [5.74, 6) is 0.405. The summed E-state index contributed by atoms with van der Waals surface area (Å²) >= 11 is 0. The predicted octanol–water partition coefficient (Wildman–Crippen LogP) is 4.38. The van der Waals surface area contributed by atoms with Gasteiger partial charge in [0.05, 0.1) is 12.8 Å². The van der Waals surface area contributed by atoms with Gasteiger partial charge in [-0.3, -0.25) is 4.79 Å². The number of benzene rings is 1. The first-order chi connectivity index (χ1) is 11.6. The molecule has 0 unspecified atom stereocenters. The zero-order chi connectivity index (χ0) is 17.8. The Morgan fingerprint density at radius 3 is 2.50 bits per heavy atom. The van der Waals surface area contributed by atoms with E-state index in [-0.39, 0.29) is 11.7 Å². The van der Waals surface area contributed by atoms with Crippen molar-refractivity contribution in [3.63, 3.8) is 0 Å². The van der Waals surface area contributed by atoms with Crippen molar-refractivity contribution in [1.29, 1.82) is 0 Å². The summed E-state index contributed by atoms with van der Waals surface area (Å²) in [4.78, 5) is 11.8. The molecular formula is C19H30N2O3. The van der Waals surface area contributed by atoms with Crippen LogP contribution in [0.2, 0.25) is 0 Å². The topological polar surface area (TPSA) is 70.9 Å². The SMILES string of the molecule is CCCCCCCCCC(=O)N/N=C(\C)c1ccc(O)c(OC)c1. The molecule has 0 heterocycles. The molecule has 0 saturated heterocycles. The van der Waals surface area contributed by atoms with Gasteiger partial charge in [0.25, 0.3) is 0 Å². The van der Waals surface area contributed by atoms with Gasteiger partial charge in [0, 0.05) is 12.0 Å². The largest absolute Gasteiger partial charge is 0.504 e. The van der Waals surface area contributed by atoms with Crippen LogP contribution in [0.1, 0.15) is 70.8 Å². The van der Waals surface area contributed by atoms with E-state index in [2.05, 4.69) is 17.5 Å². The number of ether oxygens (including phenoxy) is 1. The van der Waals surface area contributed by atoms with E-state index in [1.54, 1.807) is 25.1 Å². The first kappa shape index (κ1) is 20.0. The minimum absolute atomic E-state index is 0.0614. The van der Waals surface area contributed by atoms with Crippen molar-refractivity contribution in [3.05, 3.63) is 23.8 Å². The molecule has 134 valence electrons. The number of phenols is 1. The van der Waals surface area contributed by atoms with Crippen molar-refractivity contribution >= 4 is 11.6 Å². The zero-order valence-electron chi connectivity index (χ0n) is 15.1. The normalized spacial score (nSPS) is 11.4. The number of methoxy groups -OCH3 is 1. The van der Waals surface area contributed by atoms with Gasteiger partial charge in [-0.15, -0.1) is 0 Å². The summed E-state index contributed by atoms with van der Waals surface area (Å²) in [5.41, 5.74) is 4.05. The molecule has 0 aromatic heterocycles. The van der Waals surface area contributed by atoms with E-state index in [0.717, 1.165) is 18.4 Å². The molecule has 2 N–H and O–H groups in total. The van der Waals surface area contributed by atoms with Crippen LogP contribution < -0.4 is 10.2 Å². The van der Waals surface area contributed by atoms with Crippen molar-refractivity contribution < 1.29 is 14.6 Å². The van der Waals surface area contributed by atoms with Crippen LogP contribution in [0.4, 0.5) is 0 Å². The summed E-state index contributed by atoms with van der Waals surface area (Å²) in [6.45, 7) is 4.01. The number of carbonyl (C=O) groups is 1. The molecule has 1 aromatic carbocycles. The smallest absolute Gasteiger partial charge is 0.240 e. The van der Waals surface area contributed by atoms with Gasteiger partial charge in [-0.2, -0.15) is 5.10 Å². The third-order valence-corrected chi connectivity index (χ3v) is 3.95. The standard InChI is InChI=1S/C19H30N2O3/c1-4-5-6-7-8-9-10-11-19(23)21-20-15(2)16-12-13-17(22)18(14-16)24-3/h12-14,22H,4-11H2,1-3H3,(H,21,23)/b20-15+. The second-order valence-corrected chi connectivity index (χ2v) is 5.99. The Kier molecular flexibility index (Phi) is 9.58. The molecule has 0 aliphatic heterocycles. The Morgan fingerprint density at radius 2 is 1.83 bits per heavy atom. The van der Waals surface area contributed by atoms with Crippen LogP contribution in [0.25, 0.3) is 0 Å². The Hall–Kier alpha value is -2.04. The number of nitrogens with zero attached hydrogens (tertiary/aromatic N) is 1. The highest BCUT2D eigenvalue weighted by Crippen LogP contribution is 2.26. The number of amides is 1. The van der Waals surface area contributed by atoms with E-state index < -0.39 is 0 Å². The molecule has 0 aliphatic carbocycles. The third-order valence-electron chi connectivity index (χ3n) is 3.95. The Bertz CT molecular complexity index is 541. The number of hydrogen-bond acceptors (Lipinski definition) is 4. The lowest BCUT2D eigenvalue weighted by Crippen LogP contribution is -2.18. The summed E-state index contributed by atoms with van der Waals surface area (Å²) in [6, 6.07) is 4.98. The number of nitrogens with one attached hydrogen (secondary N) is 1. The van der Waals surface area contributed by atoms with Crippen LogP contribution in [0.5, 0.6) is 11.5 Å². The molecule has 5 nitrogen and oxygen atoms in total. The summed E-state index contributed by atoms with van der Waals surface area (Å²) in [6.07, 6.45) is 8.81. The van der Waals surface area contributed by atoms with Crippen LogP contribution in [0.3, 0.4) is 0 Å². The molecule has 5 heteroatoms. The molecule has 0 saturated carbocycles. The van der Waals surface area contributed by atoms with E-state index in [4.69, 9.17) is 4.74 Å².